The molecular formula is C22H16ClF2N3O2. The third kappa shape index (κ3) is 4.87. The van der Waals surface area contributed by atoms with E-state index in [9.17, 15) is 13.6 Å². The summed E-state index contributed by atoms with van der Waals surface area (Å²) in [7, 11) is 0. The molecular weight excluding hydrogens is 412 g/mol. The van der Waals surface area contributed by atoms with Gasteiger partial charge in [-0.2, -0.15) is 0 Å². The molecule has 0 aliphatic carbocycles. The van der Waals surface area contributed by atoms with E-state index in [-0.39, 0.29) is 28.6 Å². The van der Waals surface area contributed by atoms with Crippen molar-refractivity contribution in [3.63, 3.8) is 0 Å². The first-order valence-electron chi connectivity index (χ1n) is 8.66. The zero-order valence-electron chi connectivity index (χ0n) is 15.7. The summed E-state index contributed by atoms with van der Waals surface area (Å²) in [6, 6.07) is 12.2. The van der Waals surface area contributed by atoms with Gasteiger partial charge in [0.1, 0.15) is 17.4 Å². The minimum atomic E-state index is -0.853. The summed E-state index contributed by atoms with van der Waals surface area (Å²) in [5.74, 6) is -2.12. The lowest BCUT2D eigenvalue weighted by Gasteiger charge is -2.13. The van der Waals surface area contributed by atoms with E-state index in [1.165, 1.54) is 12.1 Å². The number of ether oxygens (including phenoxy) is 1. The van der Waals surface area contributed by atoms with E-state index >= 15 is 0 Å². The van der Waals surface area contributed by atoms with Crippen LogP contribution in [0.5, 0.6) is 5.75 Å². The quantitative estimate of drug-likeness (QED) is 0.274. The molecule has 0 unspecified atom stereocenters. The second kappa shape index (κ2) is 9.28. The highest BCUT2D eigenvalue weighted by molar-refractivity contribution is 6.31. The number of aliphatic imine (C=N–C) groups is 2. The van der Waals surface area contributed by atoms with Gasteiger partial charge in [0.15, 0.2) is 12.5 Å². The van der Waals surface area contributed by atoms with Crippen LogP contribution >= 0.6 is 11.6 Å². The Hall–Kier alpha value is -3.58. The second-order valence-corrected chi connectivity index (χ2v) is 6.55. The molecule has 0 bridgehead atoms. The van der Waals surface area contributed by atoms with Crippen LogP contribution in [0.25, 0.3) is 0 Å². The van der Waals surface area contributed by atoms with Crippen LogP contribution in [-0.4, -0.2) is 25.9 Å². The Labute approximate surface area is 176 Å². The number of carbonyl (C=O) groups excluding carboxylic acids is 1. The maximum atomic E-state index is 13.5. The third-order valence-corrected chi connectivity index (χ3v) is 4.37. The third-order valence-electron chi connectivity index (χ3n) is 4.13. The van der Waals surface area contributed by atoms with Crippen molar-refractivity contribution in [2.75, 3.05) is 12.0 Å². The minimum absolute atomic E-state index is 0.00310. The van der Waals surface area contributed by atoms with Crippen molar-refractivity contribution in [3.8, 4) is 5.75 Å². The molecule has 0 saturated heterocycles. The van der Waals surface area contributed by atoms with Crippen molar-refractivity contribution in [1.82, 2.24) is 0 Å². The first-order valence-corrected chi connectivity index (χ1v) is 9.03. The number of anilines is 1. The number of halogens is 3. The number of nitrogens with one attached hydrogen (secondary N) is 1. The molecule has 0 aliphatic rings. The van der Waals surface area contributed by atoms with Crippen LogP contribution in [0.2, 0.25) is 5.02 Å². The van der Waals surface area contributed by atoms with Crippen molar-refractivity contribution in [1.29, 1.82) is 0 Å². The summed E-state index contributed by atoms with van der Waals surface area (Å²) in [5.41, 5.74) is 1.74. The average molecular weight is 428 g/mol. The van der Waals surface area contributed by atoms with Crippen LogP contribution < -0.4 is 10.1 Å². The fourth-order valence-corrected chi connectivity index (χ4v) is 2.91. The number of ketones is 1. The minimum Gasteiger partial charge on any atom is -0.473 e. The smallest absolute Gasteiger partial charge is 0.197 e. The molecule has 0 radical (unpaired) electrons. The number of carbonyl (C=O) groups is 1. The van der Waals surface area contributed by atoms with Gasteiger partial charge >= 0.3 is 0 Å². The van der Waals surface area contributed by atoms with Gasteiger partial charge in [0, 0.05) is 22.3 Å². The summed E-state index contributed by atoms with van der Waals surface area (Å²) < 4.78 is 32.7. The molecule has 0 spiro atoms. The maximum absolute atomic E-state index is 13.5. The van der Waals surface area contributed by atoms with E-state index < -0.39 is 17.4 Å². The van der Waals surface area contributed by atoms with Gasteiger partial charge in [0.25, 0.3) is 0 Å². The van der Waals surface area contributed by atoms with Crippen LogP contribution in [0.3, 0.4) is 0 Å². The number of hydrogen-bond acceptors (Lipinski definition) is 5. The Morgan fingerprint density at radius 2 is 1.67 bits per heavy atom. The van der Waals surface area contributed by atoms with Crippen LogP contribution in [0.15, 0.2) is 64.6 Å². The highest BCUT2D eigenvalue weighted by Crippen LogP contribution is 2.30. The molecule has 8 heteroatoms. The zero-order valence-corrected chi connectivity index (χ0v) is 16.4. The van der Waals surface area contributed by atoms with Gasteiger partial charge in [-0.05, 0) is 62.0 Å². The first-order chi connectivity index (χ1) is 14.4. The summed E-state index contributed by atoms with van der Waals surface area (Å²) in [6.45, 7) is 6.95. The highest BCUT2D eigenvalue weighted by Gasteiger charge is 2.17. The lowest BCUT2D eigenvalue weighted by atomic mass is 10.0. The Kier molecular flexibility index (Phi) is 6.54. The van der Waals surface area contributed by atoms with E-state index in [1.807, 2.05) is 0 Å². The molecule has 1 N–H and O–H groups in total. The molecule has 0 aromatic heterocycles. The number of hydrogen-bond donors (Lipinski definition) is 1. The average Bonchev–Trinajstić information content (AvgIpc) is 2.73. The number of nitrogens with zero attached hydrogens (tertiary/aromatic N) is 2. The first kappa shape index (κ1) is 21.1. The van der Waals surface area contributed by atoms with Crippen molar-refractivity contribution >= 4 is 47.9 Å². The van der Waals surface area contributed by atoms with Gasteiger partial charge in [-0.15, -0.1) is 0 Å². The van der Waals surface area contributed by atoms with E-state index in [1.54, 1.807) is 24.3 Å². The number of rotatable bonds is 8. The molecule has 30 heavy (non-hydrogen) atoms. The van der Waals surface area contributed by atoms with Gasteiger partial charge in [-0.1, -0.05) is 11.6 Å². The van der Waals surface area contributed by atoms with Gasteiger partial charge in [0.05, 0.1) is 16.9 Å². The monoisotopic (exact) mass is 427 g/mol. The predicted molar refractivity (Wildman–Crippen MR) is 115 cm³/mol. The SMILES string of the molecule is C=Nc1ccc(NCOc2ccc(Cl)cc2C(=O)c2cc(F)cc(F)c2)cc1N=C. The van der Waals surface area contributed by atoms with Gasteiger partial charge < -0.3 is 10.1 Å². The van der Waals surface area contributed by atoms with Crippen molar-refractivity contribution in [2.45, 2.75) is 0 Å². The fourth-order valence-electron chi connectivity index (χ4n) is 2.74. The topological polar surface area (TPSA) is 63.1 Å². The van der Waals surface area contributed by atoms with E-state index in [2.05, 4.69) is 28.7 Å². The molecule has 3 aromatic rings. The van der Waals surface area contributed by atoms with Crippen LogP contribution in [-0.2, 0) is 0 Å². The summed E-state index contributed by atoms with van der Waals surface area (Å²) in [6.07, 6.45) is 0. The largest absolute Gasteiger partial charge is 0.473 e. The molecule has 3 aromatic carbocycles. The Balaban J connectivity index is 1.80. The van der Waals surface area contributed by atoms with Crippen LogP contribution in [0, 0.1) is 11.6 Å². The highest BCUT2D eigenvalue weighted by atomic mass is 35.5. The van der Waals surface area contributed by atoms with Crippen molar-refractivity contribution in [3.05, 3.63) is 82.4 Å². The Morgan fingerprint density at radius 3 is 2.33 bits per heavy atom. The normalized spacial score (nSPS) is 10.4. The summed E-state index contributed by atoms with van der Waals surface area (Å²) in [5, 5.41) is 3.30. The van der Waals surface area contributed by atoms with Crippen molar-refractivity contribution in [2.24, 2.45) is 9.98 Å². The summed E-state index contributed by atoms with van der Waals surface area (Å²) in [4.78, 5) is 20.5. The predicted octanol–water partition coefficient (Wildman–Crippen LogP) is 5.96. The lowest BCUT2D eigenvalue weighted by molar-refractivity contribution is 0.103. The molecule has 3 rings (SSSR count). The Bertz CT molecular complexity index is 1120. The zero-order chi connectivity index (χ0) is 21.7. The van der Waals surface area contributed by atoms with E-state index in [0.717, 1.165) is 12.1 Å². The van der Waals surface area contributed by atoms with Crippen molar-refractivity contribution < 1.29 is 18.3 Å². The molecule has 0 fully saturated rings. The van der Waals surface area contributed by atoms with Gasteiger partial charge in [0.2, 0.25) is 0 Å². The van der Waals surface area contributed by atoms with E-state index in [4.69, 9.17) is 16.3 Å². The molecule has 0 heterocycles. The van der Waals surface area contributed by atoms with E-state index in [0.29, 0.717) is 23.1 Å². The molecule has 5 nitrogen and oxygen atoms in total. The van der Waals surface area contributed by atoms with Gasteiger partial charge in [-0.25, -0.2) is 8.78 Å². The molecule has 0 atom stereocenters. The molecule has 0 aliphatic heterocycles. The van der Waals surface area contributed by atoms with Crippen LogP contribution in [0.1, 0.15) is 15.9 Å². The molecule has 152 valence electrons. The number of benzene rings is 3. The summed E-state index contributed by atoms with van der Waals surface area (Å²) >= 11 is 6.00. The van der Waals surface area contributed by atoms with Gasteiger partial charge in [-0.3, -0.25) is 14.8 Å². The lowest BCUT2D eigenvalue weighted by Crippen LogP contribution is -2.12. The van der Waals surface area contributed by atoms with Crippen LogP contribution in [0.4, 0.5) is 25.8 Å². The maximum Gasteiger partial charge on any atom is 0.197 e. The Morgan fingerprint density at radius 1 is 0.967 bits per heavy atom. The molecule has 0 amide bonds. The fraction of sp³-hybridized carbons (Fsp3) is 0.0455. The standard InChI is InChI=1S/C22H16ClF2N3O2/c1-26-19-5-4-17(11-20(19)27-2)28-12-30-21-6-3-14(23)9-18(21)22(29)13-7-15(24)10-16(25)8-13/h3-11,28H,1-2,12H2. The second-order valence-electron chi connectivity index (χ2n) is 6.11. The molecule has 0 saturated carbocycles.